The van der Waals surface area contributed by atoms with Crippen molar-refractivity contribution in [3.05, 3.63) is 16.2 Å². The second-order valence-corrected chi connectivity index (χ2v) is 10.2. The Kier molecular flexibility index (Phi) is 5.55. The maximum absolute atomic E-state index is 11.7. The Morgan fingerprint density at radius 1 is 1.15 bits per heavy atom. The molecule has 2 aliphatic rings. The number of pyridine rings is 1. The summed E-state index contributed by atoms with van der Waals surface area (Å²) in [6.07, 6.45) is 1.26. The molecule has 2 aromatic heterocycles. The van der Waals surface area contributed by atoms with Gasteiger partial charge in [-0.2, -0.15) is 4.31 Å². The molecule has 0 saturated carbocycles. The lowest BCUT2D eigenvalue weighted by Crippen LogP contribution is -2.47. The molecule has 2 saturated heterocycles. The molecule has 0 aliphatic carbocycles. The normalized spacial score (nSPS) is 20.4. The first-order valence-electron chi connectivity index (χ1n) is 8.86. The number of morpholine rings is 1. The molecule has 27 heavy (non-hydrogen) atoms. The predicted octanol–water partition coefficient (Wildman–Crippen LogP) is 1.26. The topological polar surface area (TPSA) is 78.9 Å². The number of hydrogen-bond donors (Lipinski definition) is 0. The first kappa shape index (κ1) is 19.3. The third-order valence-corrected chi connectivity index (χ3v) is 7.41. The highest BCUT2D eigenvalue weighted by atomic mass is 35.5. The van der Waals surface area contributed by atoms with E-state index < -0.39 is 10.0 Å². The fraction of sp³-hybridized carbons (Fsp3) is 0.625. The molecule has 4 rings (SSSR count). The second-order valence-electron chi connectivity index (χ2n) is 6.76. The van der Waals surface area contributed by atoms with Gasteiger partial charge < -0.3 is 9.64 Å². The van der Waals surface area contributed by atoms with Crippen LogP contribution < -0.4 is 4.90 Å². The van der Waals surface area contributed by atoms with Crippen LogP contribution in [0.25, 0.3) is 10.3 Å². The van der Waals surface area contributed by atoms with Gasteiger partial charge in [0.05, 0.1) is 36.4 Å². The fourth-order valence-corrected chi connectivity index (χ4v) is 5.53. The number of nitrogens with zero attached hydrogens (tertiary/aromatic N) is 5. The molecule has 2 fully saturated rings. The van der Waals surface area contributed by atoms with Crippen LogP contribution in [0, 0.1) is 0 Å². The van der Waals surface area contributed by atoms with Crippen molar-refractivity contribution in [1.29, 1.82) is 0 Å². The fourth-order valence-electron chi connectivity index (χ4n) is 3.43. The van der Waals surface area contributed by atoms with Crippen LogP contribution in [-0.4, -0.2) is 86.3 Å². The number of anilines is 1. The molecule has 0 radical (unpaired) electrons. The molecule has 8 nitrogen and oxygen atoms in total. The smallest absolute Gasteiger partial charge is 0.211 e. The van der Waals surface area contributed by atoms with Crippen molar-refractivity contribution >= 4 is 49.0 Å². The highest BCUT2D eigenvalue weighted by Crippen LogP contribution is 2.34. The van der Waals surface area contributed by atoms with Crippen LogP contribution in [0.2, 0.25) is 5.15 Å². The maximum Gasteiger partial charge on any atom is 0.211 e. The average Bonchev–Trinajstić information content (AvgIpc) is 3.03. The van der Waals surface area contributed by atoms with Crippen molar-refractivity contribution in [2.75, 3.05) is 63.6 Å². The van der Waals surface area contributed by atoms with Gasteiger partial charge in [-0.15, -0.1) is 11.3 Å². The molecular weight excluding hydrogens is 410 g/mol. The number of thiazole rings is 1. The van der Waals surface area contributed by atoms with Crippen LogP contribution in [0.4, 0.5) is 5.69 Å². The zero-order chi connectivity index (χ0) is 19.0. The number of sulfonamides is 1. The molecule has 0 N–H and O–H groups in total. The Balaban J connectivity index is 1.52. The predicted molar refractivity (Wildman–Crippen MR) is 107 cm³/mol. The molecule has 0 aromatic carbocycles. The Morgan fingerprint density at radius 2 is 1.85 bits per heavy atom. The first-order valence-corrected chi connectivity index (χ1v) is 11.9. The number of aromatic nitrogens is 2. The number of piperazine rings is 1. The van der Waals surface area contributed by atoms with Crippen molar-refractivity contribution in [3.63, 3.8) is 0 Å². The highest BCUT2D eigenvalue weighted by molar-refractivity contribution is 7.88. The van der Waals surface area contributed by atoms with Gasteiger partial charge in [0.2, 0.25) is 10.0 Å². The van der Waals surface area contributed by atoms with E-state index in [1.165, 1.54) is 10.6 Å². The number of halogens is 1. The quantitative estimate of drug-likeness (QED) is 0.674. The van der Waals surface area contributed by atoms with E-state index in [2.05, 4.69) is 19.8 Å². The summed E-state index contributed by atoms with van der Waals surface area (Å²) in [6.45, 7) is 6.21. The zero-order valence-corrected chi connectivity index (χ0v) is 17.5. The SMILES string of the molecule is CS(=O)(=O)N1CCN(Cc2nc3nc(Cl)cc(N4CCOCC4)c3s2)CC1. The van der Waals surface area contributed by atoms with Crippen LogP contribution in [0.1, 0.15) is 5.01 Å². The molecule has 2 aromatic rings. The van der Waals surface area contributed by atoms with Crippen LogP contribution in [0.3, 0.4) is 0 Å². The van der Waals surface area contributed by atoms with Crippen molar-refractivity contribution in [1.82, 2.24) is 19.2 Å². The Morgan fingerprint density at radius 3 is 2.52 bits per heavy atom. The molecular formula is C16H22ClN5O3S2. The van der Waals surface area contributed by atoms with E-state index >= 15 is 0 Å². The minimum Gasteiger partial charge on any atom is -0.378 e. The number of hydrogen-bond acceptors (Lipinski definition) is 8. The largest absolute Gasteiger partial charge is 0.378 e. The van der Waals surface area contributed by atoms with Crippen molar-refractivity contribution in [2.45, 2.75) is 6.54 Å². The lowest BCUT2D eigenvalue weighted by molar-refractivity contribution is 0.123. The summed E-state index contributed by atoms with van der Waals surface area (Å²) >= 11 is 7.86. The molecule has 4 heterocycles. The van der Waals surface area contributed by atoms with Crippen molar-refractivity contribution in [2.24, 2.45) is 0 Å². The molecule has 0 bridgehead atoms. The van der Waals surface area contributed by atoms with Crippen LogP contribution >= 0.6 is 22.9 Å². The van der Waals surface area contributed by atoms with E-state index in [4.69, 9.17) is 16.3 Å². The van der Waals surface area contributed by atoms with Crippen molar-refractivity contribution < 1.29 is 13.2 Å². The van der Waals surface area contributed by atoms with Gasteiger partial charge in [-0.25, -0.2) is 18.4 Å². The van der Waals surface area contributed by atoms with E-state index in [-0.39, 0.29) is 0 Å². The number of ether oxygens (including phenoxy) is 1. The third kappa shape index (κ3) is 4.36. The standard InChI is InChI=1S/C16H22ClN5O3S2/c1-27(23,24)22-4-2-20(3-5-22)11-14-19-16-15(26-14)12(10-13(17)18-16)21-6-8-25-9-7-21/h10H,2-9,11H2,1H3. The van der Waals surface area contributed by atoms with Crippen LogP contribution in [0.5, 0.6) is 0 Å². The van der Waals surface area contributed by atoms with Gasteiger partial charge in [0, 0.05) is 45.3 Å². The average molecular weight is 432 g/mol. The van der Waals surface area contributed by atoms with Gasteiger partial charge in [0.15, 0.2) is 5.65 Å². The summed E-state index contributed by atoms with van der Waals surface area (Å²) in [5.41, 5.74) is 1.75. The summed E-state index contributed by atoms with van der Waals surface area (Å²) in [5, 5.41) is 1.42. The minimum absolute atomic E-state index is 0.447. The van der Waals surface area contributed by atoms with Gasteiger partial charge in [-0.3, -0.25) is 4.90 Å². The Labute approximate surface area is 167 Å². The van der Waals surface area contributed by atoms with Crippen LogP contribution in [-0.2, 0) is 21.3 Å². The molecule has 0 amide bonds. The zero-order valence-electron chi connectivity index (χ0n) is 15.1. The second kappa shape index (κ2) is 7.76. The van der Waals surface area contributed by atoms with Gasteiger partial charge >= 0.3 is 0 Å². The van der Waals surface area contributed by atoms with Gasteiger partial charge in [0.25, 0.3) is 0 Å². The Bertz CT molecular complexity index is 922. The van der Waals surface area contributed by atoms with E-state index in [1.54, 1.807) is 11.3 Å². The first-order chi connectivity index (χ1) is 12.9. The highest BCUT2D eigenvalue weighted by Gasteiger charge is 2.25. The molecule has 0 atom stereocenters. The summed E-state index contributed by atoms with van der Waals surface area (Å²) in [7, 11) is -3.11. The third-order valence-electron chi connectivity index (χ3n) is 4.87. The van der Waals surface area contributed by atoms with Gasteiger partial charge in [-0.05, 0) is 0 Å². The summed E-state index contributed by atoms with van der Waals surface area (Å²) in [5.74, 6) is 0. The van der Waals surface area contributed by atoms with Crippen molar-refractivity contribution in [3.8, 4) is 0 Å². The minimum atomic E-state index is -3.11. The van der Waals surface area contributed by atoms with E-state index in [1.807, 2.05) is 6.07 Å². The molecule has 2 aliphatic heterocycles. The molecule has 148 valence electrons. The van der Waals surface area contributed by atoms with E-state index in [0.29, 0.717) is 56.7 Å². The Hall–Kier alpha value is -1.04. The lowest BCUT2D eigenvalue weighted by atomic mass is 10.3. The molecule has 11 heteroatoms. The molecule has 0 spiro atoms. The van der Waals surface area contributed by atoms with E-state index in [9.17, 15) is 8.42 Å². The lowest BCUT2D eigenvalue weighted by Gasteiger charge is -2.32. The van der Waals surface area contributed by atoms with Gasteiger partial charge in [-0.1, -0.05) is 11.6 Å². The van der Waals surface area contributed by atoms with Gasteiger partial charge in [0.1, 0.15) is 10.2 Å². The summed E-state index contributed by atoms with van der Waals surface area (Å²) < 4.78 is 31.3. The summed E-state index contributed by atoms with van der Waals surface area (Å²) in [4.78, 5) is 13.6. The van der Waals surface area contributed by atoms with Crippen LogP contribution in [0.15, 0.2) is 6.07 Å². The summed E-state index contributed by atoms with van der Waals surface area (Å²) in [6, 6.07) is 1.90. The monoisotopic (exact) mass is 431 g/mol. The molecule has 0 unspecified atom stereocenters. The van der Waals surface area contributed by atoms with E-state index in [0.717, 1.165) is 28.5 Å². The number of rotatable bonds is 4. The maximum atomic E-state index is 11.7. The number of fused-ring (bicyclic) bond motifs is 1.